The van der Waals surface area contributed by atoms with Gasteiger partial charge < -0.3 is 14.2 Å². The fourth-order valence-electron chi connectivity index (χ4n) is 5.44. The SMILES string of the molecule is Cn1cnnc1Cc1cccc(N2Cc3c(cc(CN(C(=O)OC(C)(C)C)C4(C)CCC4)cc3C(F)(F)F)C2=O)c1. The lowest BCUT2D eigenvalue weighted by molar-refractivity contribution is -0.138. The van der Waals surface area contributed by atoms with E-state index in [0.717, 1.165) is 36.7 Å². The van der Waals surface area contributed by atoms with Crippen molar-refractivity contribution in [3.05, 3.63) is 76.4 Å². The number of nitrogens with zero attached hydrogens (tertiary/aromatic N) is 5. The van der Waals surface area contributed by atoms with Gasteiger partial charge in [0, 0.05) is 36.8 Å². The number of hydrogen-bond donors (Lipinski definition) is 0. The molecule has 0 saturated heterocycles. The number of rotatable bonds is 6. The Labute approximate surface area is 237 Å². The molecule has 0 bridgehead atoms. The Morgan fingerprint density at radius 2 is 1.85 bits per heavy atom. The van der Waals surface area contributed by atoms with Gasteiger partial charge in [0.2, 0.25) is 0 Å². The number of benzene rings is 2. The number of aromatic nitrogens is 3. The summed E-state index contributed by atoms with van der Waals surface area (Å²) in [5.74, 6) is 0.207. The monoisotopic (exact) mass is 569 g/mol. The van der Waals surface area contributed by atoms with E-state index >= 15 is 0 Å². The van der Waals surface area contributed by atoms with Crippen molar-refractivity contribution in [3.63, 3.8) is 0 Å². The molecule has 41 heavy (non-hydrogen) atoms. The average molecular weight is 570 g/mol. The van der Waals surface area contributed by atoms with Crippen LogP contribution in [0.5, 0.6) is 0 Å². The molecule has 2 amide bonds. The maximum Gasteiger partial charge on any atom is 0.416 e. The molecular formula is C30H34F3N5O3. The maximum absolute atomic E-state index is 14.4. The van der Waals surface area contributed by atoms with Crippen LogP contribution in [0.4, 0.5) is 23.7 Å². The van der Waals surface area contributed by atoms with E-state index in [1.165, 1.54) is 15.9 Å². The first-order valence-electron chi connectivity index (χ1n) is 13.6. The van der Waals surface area contributed by atoms with Crippen LogP contribution in [0.25, 0.3) is 0 Å². The van der Waals surface area contributed by atoms with Gasteiger partial charge >= 0.3 is 12.3 Å². The van der Waals surface area contributed by atoms with Gasteiger partial charge in [-0.25, -0.2) is 4.79 Å². The van der Waals surface area contributed by atoms with Crippen LogP contribution in [-0.2, 0) is 37.5 Å². The Bertz CT molecular complexity index is 1490. The first-order chi connectivity index (χ1) is 19.1. The molecule has 1 aromatic heterocycles. The Kier molecular flexibility index (Phi) is 7.11. The lowest BCUT2D eigenvalue weighted by atomic mass is 9.77. The van der Waals surface area contributed by atoms with Gasteiger partial charge in [-0.3, -0.25) is 9.69 Å². The third-order valence-corrected chi connectivity index (χ3v) is 7.83. The van der Waals surface area contributed by atoms with E-state index in [2.05, 4.69) is 10.2 Å². The Morgan fingerprint density at radius 3 is 2.44 bits per heavy atom. The van der Waals surface area contributed by atoms with Crippen LogP contribution in [-0.4, -0.2) is 42.8 Å². The number of ether oxygens (including phenoxy) is 1. The zero-order valence-corrected chi connectivity index (χ0v) is 23.9. The van der Waals surface area contributed by atoms with Crippen molar-refractivity contribution in [2.45, 2.75) is 83.8 Å². The molecule has 3 aromatic rings. The van der Waals surface area contributed by atoms with E-state index in [1.807, 2.05) is 20.0 Å². The van der Waals surface area contributed by atoms with Crippen molar-refractivity contribution in [1.29, 1.82) is 0 Å². The van der Waals surface area contributed by atoms with Gasteiger partial charge in [-0.2, -0.15) is 13.2 Å². The maximum atomic E-state index is 14.4. The van der Waals surface area contributed by atoms with E-state index in [1.54, 1.807) is 49.9 Å². The van der Waals surface area contributed by atoms with Crippen LogP contribution in [0.15, 0.2) is 42.7 Å². The molecule has 0 atom stereocenters. The van der Waals surface area contributed by atoms with Crippen molar-refractivity contribution >= 4 is 17.7 Å². The van der Waals surface area contributed by atoms with Crippen molar-refractivity contribution in [2.24, 2.45) is 7.05 Å². The van der Waals surface area contributed by atoms with E-state index in [0.29, 0.717) is 12.1 Å². The second-order valence-corrected chi connectivity index (χ2v) is 12.2. The van der Waals surface area contributed by atoms with Crippen LogP contribution in [0, 0.1) is 0 Å². The summed E-state index contributed by atoms with van der Waals surface area (Å²) < 4.78 is 50.5. The molecule has 5 rings (SSSR count). The molecule has 0 spiro atoms. The average Bonchev–Trinajstić information content (AvgIpc) is 3.41. The second-order valence-electron chi connectivity index (χ2n) is 12.2. The predicted molar refractivity (Wildman–Crippen MR) is 146 cm³/mol. The fraction of sp³-hybridized carbons (Fsp3) is 0.467. The summed E-state index contributed by atoms with van der Waals surface area (Å²) in [6.45, 7) is 6.86. The molecule has 1 aliphatic heterocycles. The van der Waals surface area contributed by atoms with Gasteiger partial charge in [0.15, 0.2) is 0 Å². The lowest BCUT2D eigenvalue weighted by Gasteiger charge is -2.47. The molecule has 2 aliphatic rings. The zero-order chi connectivity index (χ0) is 29.7. The molecule has 11 heteroatoms. The third kappa shape index (κ3) is 5.80. The fourth-order valence-corrected chi connectivity index (χ4v) is 5.44. The van der Waals surface area contributed by atoms with Crippen molar-refractivity contribution in [2.75, 3.05) is 4.90 Å². The summed E-state index contributed by atoms with van der Waals surface area (Å²) in [6, 6.07) is 9.70. The smallest absolute Gasteiger partial charge is 0.416 e. The second kappa shape index (κ2) is 10.2. The third-order valence-electron chi connectivity index (χ3n) is 7.83. The van der Waals surface area contributed by atoms with Crippen LogP contribution in [0.1, 0.15) is 85.4 Å². The topological polar surface area (TPSA) is 80.6 Å². The number of halogens is 3. The minimum atomic E-state index is -4.68. The highest BCUT2D eigenvalue weighted by molar-refractivity contribution is 6.10. The van der Waals surface area contributed by atoms with Crippen LogP contribution < -0.4 is 4.90 Å². The Balaban J connectivity index is 1.48. The zero-order valence-electron chi connectivity index (χ0n) is 23.9. The largest absolute Gasteiger partial charge is 0.444 e. The molecule has 1 aliphatic carbocycles. The van der Waals surface area contributed by atoms with Gasteiger partial charge in [-0.05, 0) is 87.9 Å². The highest BCUT2D eigenvalue weighted by Gasteiger charge is 2.44. The van der Waals surface area contributed by atoms with Crippen molar-refractivity contribution < 1.29 is 27.5 Å². The van der Waals surface area contributed by atoms with Gasteiger partial charge in [-0.15, -0.1) is 10.2 Å². The highest BCUT2D eigenvalue weighted by Crippen LogP contribution is 2.42. The number of alkyl halides is 3. The van der Waals surface area contributed by atoms with Gasteiger partial charge in [0.1, 0.15) is 17.8 Å². The molecule has 2 heterocycles. The quantitative estimate of drug-likeness (QED) is 0.350. The minimum Gasteiger partial charge on any atom is -0.444 e. The molecule has 218 valence electrons. The van der Waals surface area contributed by atoms with Gasteiger partial charge in [0.05, 0.1) is 12.1 Å². The van der Waals surface area contributed by atoms with Crippen molar-refractivity contribution in [3.8, 4) is 0 Å². The van der Waals surface area contributed by atoms with Crippen molar-refractivity contribution in [1.82, 2.24) is 19.7 Å². The Morgan fingerprint density at radius 1 is 1.12 bits per heavy atom. The Hall–Kier alpha value is -3.89. The number of anilines is 1. The van der Waals surface area contributed by atoms with Gasteiger partial charge in [-0.1, -0.05) is 12.1 Å². The molecule has 2 aromatic carbocycles. The molecule has 0 radical (unpaired) electrons. The first kappa shape index (κ1) is 28.6. The molecule has 8 nitrogen and oxygen atoms in total. The highest BCUT2D eigenvalue weighted by atomic mass is 19.4. The van der Waals surface area contributed by atoms with E-state index in [9.17, 15) is 22.8 Å². The number of fused-ring (bicyclic) bond motifs is 1. The summed E-state index contributed by atoms with van der Waals surface area (Å²) in [4.78, 5) is 29.7. The predicted octanol–water partition coefficient (Wildman–Crippen LogP) is 6.26. The van der Waals surface area contributed by atoms with E-state index in [-0.39, 0.29) is 29.8 Å². The normalized spacial score (nSPS) is 16.4. The van der Waals surface area contributed by atoms with E-state index < -0.39 is 34.9 Å². The number of amides is 2. The van der Waals surface area contributed by atoms with Gasteiger partial charge in [0.25, 0.3) is 5.91 Å². The summed E-state index contributed by atoms with van der Waals surface area (Å²) >= 11 is 0. The summed E-state index contributed by atoms with van der Waals surface area (Å²) in [6.07, 6.45) is -0.859. The standard InChI is InChI=1S/C30H34F3N5O3/c1-28(2,3)41-27(40)38(29(4)10-7-11-29)16-20-13-22-23(24(14-20)30(31,32)33)17-37(26(22)39)21-9-6-8-19(12-21)15-25-35-34-18-36(25)5/h6,8-9,12-14,18H,7,10-11,15-17H2,1-5H3. The lowest BCUT2D eigenvalue weighted by Crippen LogP contribution is -2.54. The van der Waals surface area contributed by atoms with Crippen LogP contribution in [0.2, 0.25) is 0 Å². The molecule has 1 saturated carbocycles. The van der Waals surface area contributed by atoms with E-state index in [4.69, 9.17) is 4.74 Å². The van der Waals surface area contributed by atoms with Crippen LogP contribution in [0.3, 0.4) is 0 Å². The number of hydrogen-bond acceptors (Lipinski definition) is 5. The molecule has 0 unspecified atom stereocenters. The van der Waals surface area contributed by atoms with Crippen LogP contribution >= 0.6 is 0 Å². The number of carbonyl (C=O) groups excluding carboxylic acids is 2. The summed E-state index contributed by atoms with van der Waals surface area (Å²) in [7, 11) is 1.82. The minimum absolute atomic E-state index is 0.00331. The first-order valence-corrected chi connectivity index (χ1v) is 13.6. The molecule has 1 fully saturated rings. The molecule has 0 N–H and O–H groups in total. The number of carbonyl (C=O) groups is 2. The summed E-state index contributed by atoms with van der Waals surface area (Å²) in [5.41, 5.74) is -0.638. The molecular weight excluding hydrogens is 535 g/mol. The summed E-state index contributed by atoms with van der Waals surface area (Å²) in [5, 5.41) is 7.97. The number of aryl methyl sites for hydroxylation is 1.